The minimum Gasteiger partial charge on any atom is -0.497 e. The van der Waals surface area contributed by atoms with Crippen molar-refractivity contribution in [3.63, 3.8) is 0 Å². The van der Waals surface area contributed by atoms with Crippen LogP contribution in [0.5, 0.6) is 11.5 Å². The third kappa shape index (κ3) is 3.80. The van der Waals surface area contributed by atoms with Crippen LogP contribution in [0.2, 0.25) is 0 Å². The number of rotatable bonds is 7. The quantitative estimate of drug-likeness (QED) is 0.589. The van der Waals surface area contributed by atoms with Gasteiger partial charge in [0.1, 0.15) is 22.9 Å². The second-order valence-electron chi connectivity index (χ2n) is 7.92. The van der Waals surface area contributed by atoms with Crippen molar-refractivity contribution in [2.75, 3.05) is 36.9 Å². The van der Waals surface area contributed by atoms with Gasteiger partial charge in [0.25, 0.3) is 0 Å². The van der Waals surface area contributed by atoms with E-state index in [0.717, 1.165) is 12.2 Å². The lowest BCUT2D eigenvalue weighted by Gasteiger charge is -2.29. The summed E-state index contributed by atoms with van der Waals surface area (Å²) in [6.45, 7) is 0. The van der Waals surface area contributed by atoms with Crippen LogP contribution >= 0.6 is 11.8 Å². The second kappa shape index (κ2) is 8.99. The van der Waals surface area contributed by atoms with E-state index >= 15 is 0 Å². The molecule has 2 heterocycles. The summed E-state index contributed by atoms with van der Waals surface area (Å²) in [5.74, 6) is 0.0229. The Bertz CT molecular complexity index is 1050. The number of anilines is 2. The van der Waals surface area contributed by atoms with Crippen molar-refractivity contribution in [2.24, 2.45) is 5.92 Å². The monoisotopic (exact) mass is 459 g/mol. The van der Waals surface area contributed by atoms with Gasteiger partial charge in [-0.25, -0.2) is 4.39 Å². The fraction of sp³-hybridized carbons (Fsp3) is 0.391. The number of carbonyl (C=O) groups is 2. The molecule has 3 atom stereocenters. The van der Waals surface area contributed by atoms with E-state index in [1.54, 1.807) is 30.0 Å². The number of carbonyl (C=O) groups excluding carboxylic acids is 2. The van der Waals surface area contributed by atoms with Crippen molar-refractivity contribution < 1.29 is 23.5 Å². The standard InChI is InChI=1S/C23H26FN3O4S/c1-30-15-5-7-20(31-2)19(12-15)25-21(28)17-11-14(8-9-32-3)27-23(17)16-10-13(24)4-6-18(16)26-22(23)29/h4-7,10,12,14,17,27H,8-9,11H2,1-3H3,(H,25,28)(H,26,29)/t14-,17-,23+/m0/s1. The van der Waals surface area contributed by atoms with E-state index in [-0.39, 0.29) is 17.9 Å². The van der Waals surface area contributed by atoms with E-state index < -0.39 is 17.3 Å². The number of halogens is 1. The highest BCUT2D eigenvalue weighted by atomic mass is 32.2. The summed E-state index contributed by atoms with van der Waals surface area (Å²) in [7, 11) is 3.05. The fourth-order valence-corrected chi connectivity index (χ4v) is 5.13. The van der Waals surface area contributed by atoms with Gasteiger partial charge in [0.2, 0.25) is 11.8 Å². The Morgan fingerprint density at radius 3 is 2.78 bits per heavy atom. The highest BCUT2D eigenvalue weighted by Crippen LogP contribution is 2.48. The summed E-state index contributed by atoms with van der Waals surface area (Å²) in [5.41, 5.74) is 0.0898. The molecule has 9 heteroatoms. The largest absolute Gasteiger partial charge is 0.497 e. The molecule has 0 saturated carbocycles. The van der Waals surface area contributed by atoms with Crippen LogP contribution in [0.25, 0.3) is 0 Å². The second-order valence-corrected chi connectivity index (χ2v) is 8.90. The van der Waals surface area contributed by atoms with E-state index in [0.29, 0.717) is 34.9 Å². The van der Waals surface area contributed by atoms with Gasteiger partial charge < -0.3 is 20.1 Å². The molecule has 0 unspecified atom stereocenters. The number of methoxy groups -OCH3 is 2. The fourth-order valence-electron chi connectivity index (χ4n) is 4.61. The Hall–Kier alpha value is -2.78. The molecule has 0 aliphatic carbocycles. The van der Waals surface area contributed by atoms with E-state index in [1.807, 2.05) is 6.26 Å². The maximum absolute atomic E-state index is 14.2. The zero-order valence-electron chi connectivity index (χ0n) is 18.2. The number of thioether (sulfide) groups is 1. The number of amides is 2. The van der Waals surface area contributed by atoms with Crippen LogP contribution in [0.15, 0.2) is 36.4 Å². The normalized spacial score (nSPS) is 23.7. The van der Waals surface area contributed by atoms with Gasteiger partial charge in [-0.05, 0) is 55.2 Å². The van der Waals surface area contributed by atoms with Crippen LogP contribution in [0.3, 0.4) is 0 Å². The lowest BCUT2D eigenvalue weighted by atomic mass is 9.79. The van der Waals surface area contributed by atoms with Crippen LogP contribution in [0, 0.1) is 11.7 Å². The zero-order valence-corrected chi connectivity index (χ0v) is 19.0. The number of hydrogen-bond acceptors (Lipinski definition) is 6. The Kier molecular flexibility index (Phi) is 6.30. The molecular formula is C23H26FN3O4S. The summed E-state index contributed by atoms with van der Waals surface area (Å²) < 4.78 is 24.8. The van der Waals surface area contributed by atoms with Gasteiger partial charge in [-0.1, -0.05) is 0 Å². The van der Waals surface area contributed by atoms with Crippen molar-refractivity contribution in [1.29, 1.82) is 0 Å². The molecule has 170 valence electrons. The molecule has 2 aromatic rings. The highest BCUT2D eigenvalue weighted by molar-refractivity contribution is 7.98. The van der Waals surface area contributed by atoms with E-state index in [4.69, 9.17) is 9.47 Å². The average molecular weight is 460 g/mol. The minimum absolute atomic E-state index is 0.0645. The molecule has 1 spiro atoms. The molecule has 32 heavy (non-hydrogen) atoms. The van der Waals surface area contributed by atoms with Gasteiger partial charge in [0.05, 0.1) is 25.8 Å². The molecule has 0 bridgehead atoms. The molecule has 1 fully saturated rings. The number of nitrogens with one attached hydrogen (secondary N) is 3. The summed E-state index contributed by atoms with van der Waals surface area (Å²) >= 11 is 1.70. The van der Waals surface area contributed by atoms with Gasteiger partial charge in [-0.2, -0.15) is 11.8 Å². The first-order valence-electron chi connectivity index (χ1n) is 10.3. The van der Waals surface area contributed by atoms with Crippen LogP contribution in [-0.4, -0.2) is 44.1 Å². The van der Waals surface area contributed by atoms with Gasteiger partial charge in [-0.15, -0.1) is 0 Å². The Labute approximate surface area is 190 Å². The van der Waals surface area contributed by atoms with Crippen LogP contribution < -0.4 is 25.4 Å². The van der Waals surface area contributed by atoms with Crippen LogP contribution in [0.1, 0.15) is 18.4 Å². The molecule has 7 nitrogen and oxygen atoms in total. The average Bonchev–Trinajstić information content (AvgIpc) is 3.31. The third-order valence-corrected chi connectivity index (χ3v) is 6.78. The predicted octanol–water partition coefficient (Wildman–Crippen LogP) is 3.36. The van der Waals surface area contributed by atoms with Gasteiger partial charge >= 0.3 is 0 Å². The third-order valence-electron chi connectivity index (χ3n) is 6.14. The molecule has 2 aliphatic heterocycles. The Morgan fingerprint density at radius 2 is 2.06 bits per heavy atom. The smallest absolute Gasteiger partial charge is 0.250 e. The number of hydrogen-bond donors (Lipinski definition) is 3. The lowest BCUT2D eigenvalue weighted by Crippen LogP contribution is -2.52. The molecule has 1 saturated heterocycles. The summed E-state index contributed by atoms with van der Waals surface area (Å²) in [6.07, 6.45) is 3.24. The lowest BCUT2D eigenvalue weighted by molar-refractivity contribution is -0.130. The van der Waals surface area contributed by atoms with Gasteiger partial charge in [0, 0.05) is 23.4 Å². The van der Waals surface area contributed by atoms with Gasteiger partial charge in [0.15, 0.2) is 0 Å². The highest BCUT2D eigenvalue weighted by Gasteiger charge is 2.60. The topological polar surface area (TPSA) is 88.7 Å². The summed E-state index contributed by atoms with van der Waals surface area (Å²) in [6, 6.07) is 9.21. The predicted molar refractivity (Wildman–Crippen MR) is 123 cm³/mol. The number of ether oxygens (including phenoxy) is 2. The first-order chi connectivity index (χ1) is 15.4. The van der Waals surface area contributed by atoms with Crippen molar-refractivity contribution in [2.45, 2.75) is 24.4 Å². The van der Waals surface area contributed by atoms with Crippen molar-refractivity contribution in [1.82, 2.24) is 5.32 Å². The molecule has 0 aromatic heterocycles. The first-order valence-corrected chi connectivity index (χ1v) is 11.7. The maximum atomic E-state index is 14.2. The van der Waals surface area contributed by atoms with Crippen molar-refractivity contribution >= 4 is 35.0 Å². The van der Waals surface area contributed by atoms with Crippen molar-refractivity contribution in [3.8, 4) is 11.5 Å². The molecule has 0 radical (unpaired) electrons. The molecule has 2 amide bonds. The molecule has 2 aromatic carbocycles. The van der Waals surface area contributed by atoms with Crippen LogP contribution in [-0.2, 0) is 15.1 Å². The molecular weight excluding hydrogens is 433 g/mol. The SMILES string of the molecule is COc1ccc(OC)c(NC(=O)[C@@H]2C[C@H](CCSC)N[C@@]23C(=O)Nc2ccc(F)cc23)c1. The number of benzene rings is 2. The maximum Gasteiger partial charge on any atom is 0.250 e. The van der Waals surface area contributed by atoms with E-state index in [1.165, 1.54) is 32.4 Å². The Morgan fingerprint density at radius 1 is 1.25 bits per heavy atom. The van der Waals surface area contributed by atoms with E-state index in [9.17, 15) is 14.0 Å². The summed E-state index contributed by atoms with van der Waals surface area (Å²) in [5, 5.41) is 9.13. The molecule has 2 aliphatic rings. The summed E-state index contributed by atoms with van der Waals surface area (Å²) in [4.78, 5) is 26.8. The Balaban J connectivity index is 1.72. The zero-order chi connectivity index (χ0) is 22.9. The first kappa shape index (κ1) is 22.4. The van der Waals surface area contributed by atoms with Crippen molar-refractivity contribution in [3.05, 3.63) is 47.8 Å². The van der Waals surface area contributed by atoms with Crippen LogP contribution in [0.4, 0.5) is 15.8 Å². The number of fused-ring (bicyclic) bond motifs is 2. The molecule has 3 N–H and O–H groups in total. The van der Waals surface area contributed by atoms with Gasteiger partial charge in [-0.3, -0.25) is 14.9 Å². The minimum atomic E-state index is -1.34. The van der Waals surface area contributed by atoms with E-state index in [2.05, 4.69) is 16.0 Å². The molecule has 4 rings (SSSR count).